The fraction of sp³-hybridized carbons (Fsp3) is 0.800. The molecule has 0 aromatic carbocycles. The molecule has 0 unspecified atom stereocenters. The van der Waals surface area contributed by atoms with Crippen molar-refractivity contribution >= 4 is 5.91 Å². The summed E-state index contributed by atoms with van der Waals surface area (Å²) in [4.78, 5) is 20.9. The maximum absolute atomic E-state index is 12.6. The summed E-state index contributed by atoms with van der Waals surface area (Å²) in [6, 6.07) is 0. The summed E-state index contributed by atoms with van der Waals surface area (Å²) >= 11 is 0. The van der Waals surface area contributed by atoms with E-state index in [-0.39, 0.29) is 12.0 Å². The molecule has 7 heteroatoms. The number of rotatable bonds is 7. The third-order valence-electron chi connectivity index (χ3n) is 4.33. The smallest absolute Gasteiger partial charge is 0.223 e. The Morgan fingerprint density at radius 1 is 1.50 bits per heavy atom. The van der Waals surface area contributed by atoms with E-state index in [0.29, 0.717) is 25.3 Å². The minimum atomic E-state index is 0.131. The zero-order valence-electron chi connectivity index (χ0n) is 13.2. The van der Waals surface area contributed by atoms with Crippen molar-refractivity contribution in [2.45, 2.75) is 31.8 Å². The van der Waals surface area contributed by atoms with Gasteiger partial charge in [-0.15, -0.1) is 0 Å². The van der Waals surface area contributed by atoms with Gasteiger partial charge in [0.2, 0.25) is 5.91 Å². The number of nitrogens with zero attached hydrogens (tertiary/aromatic N) is 4. The van der Waals surface area contributed by atoms with Crippen LogP contribution in [0, 0.1) is 5.92 Å². The van der Waals surface area contributed by atoms with Gasteiger partial charge in [0.05, 0.1) is 12.7 Å². The van der Waals surface area contributed by atoms with Crippen LogP contribution in [-0.2, 0) is 16.0 Å². The molecule has 1 aliphatic heterocycles. The number of nitrogens with one attached hydrogen (secondary N) is 1. The minimum absolute atomic E-state index is 0.131. The number of carbonyl (C=O) groups excluding carboxylic acids is 1. The van der Waals surface area contributed by atoms with Crippen LogP contribution in [0.4, 0.5) is 0 Å². The molecule has 1 aliphatic carbocycles. The Kier molecular flexibility index (Phi) is 5.04. The quantitative estimate of drug-likeness (QED) is 0.784. The van der Waals surface area contributed by atoms with Crippen LogP contribution in [0.3, 0.4) is 0 Å². The highest BCUT2D eigenvalue weighted by Crippen LogP contribution is 2.30. The first-order valence-electron chi connectivity index (χ1n) is 8.13. The summed E-state index contributed by atoms with van der Waals surface area (Å²) in [5.41, 5.74) is 0. The third kappa shape index (κ3) is 4.51. The van der Waals surface area contributed by atoms with Gasteiger partial charge in [-0.25, -0.2) is 4.98 Å². The average molecular weight is 307 g/mol. The highest BCUT2D eigenvalue weighted by molar-refractivity contribution is 5.76. The molecule has 1 aromatic rings. The maximum atomic E-state index is 12.6. The minimum Gasteiger partial charge on any atom is -0.374 e. The number of hydrogen-bond donors (Lipinski definition) is 1. The van der Waals surface area contributed by atoms with Crippen LogP contribution in [-0.4, -0.2) is 76.8 Å². The highest BCUT2D eigenvalue weighted by atomic mass is 16.5. The number of hydrogen-bond acceptors (Lipinski definition) is 5. The number of ether oxygens (including phenoxy) is 1. The van der Waals surface area contributed by atoms with Gasteiger partial charge < -0.3 is 14.5 Å². The normalized spacial score (nSPS) is 22.7. The van der Waals surface area contributed by atoms with Crippen molar-refractivity contribution in [2.75, 3.05) is 39.8 Å². The molecular weight excluding hydrogens is 282 g/mol. The van der Waals surface area contributed by atoms with E-state index in [4.69, 9.17) is 4.74 Å². The van der Waals surface area contributed by atoms with Crippen LogP contribution in [0.1, 0.15) is 25.1 Å². The Morgan fingerprint density at radius 3 is 3.05 bits per heavy atom. The molecule has 1 saturated heterocycles. The Hall–Kier alpha value is -1.47. The summed E-state index contributed by atoms with van der Waals surface area (Å²) in [6.07, 6.45) is 5.20. The van der Waals surface area contributed by atoms with Crippen LogP contribution in [0.2, 0.25) is 0 Å². The Balaban J connectivity index is 1.52. The zero-order valence-corrected chi connectivity index (χ0v) is 13.2. The van der Waals surface area contributed by atoms with Gasteiger partial charge in [0.25, 0.3) is 0 Å². The lowest BCUT2D eigenvalue weighted by molar-refractivity contribution is -0.134. The monoisotopic (exact) mass is 307 g/mol. The Bertz CT molecular complexity index is 474. The number of aryl methyl sites for hydroxylation is 1. The Labute approximate surface area is 131 Å². The van der Waals surface area contributed by atoms with Gasteiger partial charge in [0.1, 0.15) is 12.2 Å². The molecule has 7 nitrogen and oxygen atoms in total. The summed E-state index contributed by atoms with van der Waals surface area (Å²) in [6.45, 7) is 4.20. The number of aromatic nitrogens is 3. The lowest BCUT2D eigenvalue weighted by atomic mass is 10.2. The molecule has 2 fully saturated rings. The topological polar surface area (TPSA) is 74.3 Å². The van der Waals surface area contributed by atoms with Crippen molar-refractivity contribution in [1.82, 2.24) is 25.0 Å². The molecule has 2 aliphatic rings. The number of H-pyrrole nitrogens is 1. The summed E-state index contributed by atoms with van der Waals surface area (Å²) in [5.74, 6) is 1.66. The summed E-state index contributed by atoms with van der Waals surface area (Å²) in [5, 5.41) is 6.63. The van der Waals surface area contributed by atoms with E-state index >= 15 is 0 Å². The van der Waals surface area contributed by atoms with Crippen LogP contribution in [0.5, 0.6) is 0 Å². The number of carbonyl (C=O) groups is 1. The number of morpholine rings is 1. The molecule has 1 atom stereocenters. The van der Waals surface area contributed by atoms with Crippen LogP contribution in [0.15, 0.2) is 6.33 Å². The van der Waals surface area contributed by atoms with Gasteiger partial charge >= 0.3 is 0 Å². The number of aromatic amines is 1. The van der Waals surface area contributed by atoms with E-state index in [9.17, 15) is 4.79 Å². The van der Waals surface area contributed by atoms with E-state index < -0.39 is 0 Å². The molecule has 1 N–H and O–H groups in total. The third-order valence-corrected chi connectivity index (χ3v) is 4.33. The second-order valence-corrected chi connectivity index (χ2v) is 6.43. The van der Waals surface area contributed by atoms with Crippen molar-refractivity contribution in [3.05, 3.63) is 12.2 Å². The predicted octanol–water partition coefficient (Wildman–Crippen LogP) is 0.307. The fourth-order valence-electron chi connectivity index (χ4n) is 2.85. The largest absolute Gasteiger partial charge is 0.374 e. The van der Waals surface area contributed by atoms with Crippen molar-refractivity contribution in [2.24, 2.45) is 5.92 Å². The number of likely N-dealkylation sites (N-methyl/N-ethyl adjacent to an activating group) is 1. The van der Waals surface area contributed by atoms with Gasteiger partial charge in [-0.2, -0.15) is 5.10 Å². The molecule has 0 radical (unpaired) electrons. The molecule has 1 aromatic heterocycles. The van der Waals surface area contributed by atoms with E-state index in [1.54, 1.807) is 0 Å². The lowest BCUT2D eigenvalue weighted by Crippen LogP contribution is -2.48. The van der Waals surface area contributed by atoms with Gasteiger partial charge in [-0.3, -0.25) is 9.89 Å². The lowest BCUT2D eigenvalue weighted by Gasteiger charge is -2.34. The van der Waals surface area contributed by atoms with Crippen molar-refractivity contribution in [1.29, 1.82) is 0 Å². The molecule has 0 bridgehead atoms. The molecule has 122 valence electrons. The fourth-order valence-corrected chi connectivity index (χ4v) is 2.85. The average Bonchev–Trinajstić information content (AvgIpc) is 3.16. The van der Waals surface area contributed by atoms with Crippen molar-refractivity contribution in [3.63, 3.8) is 0 Å². The van der Waals surface area contributed by atoms with Crippen molar-refractivity contribution in [3.8, 4) is 0 Å². The first kappa shape index (κ1) is 15.4. The predicted molar refractivity (Wildman–Crippen MR) is 81.2 cm³/mol. The van der Waals surface area contributed by atoms with Gasteiger partial charge in [0, 0.05) is 39.0 Å². The molecule has 3 rings (SSSR count). The van der Waals surface area contributed by atoms with Gasteiger partial charge in [0.15, 0.2) is 0 Å². The van der Waals surface area contributed by atoms with E-state index in [0.717, 1.165) is 32.1 Å². The van der Waals surface area contributed by atoms with Crippen molar-refractivity contribution < 1.29 is 9.53 Å². The second kappa shape index (κ2) is 7.19. The summed E-state index contributed by atoms with van der Waals surface area (Å²) < 4.78 is 5.82. The maximum Gasteiger partial charge on any atom is 0.223 e. The first-order chi connectivity index (χ1) is 10.7. The first-order valence-corrected chi connectivity index (χ1v) is 8.13. The van der Waals surface area contributed by atoms with Crippen LogP contribution < -0.4 is 0 Å². The van der Waals surface area contributed by atoms with E-state index in [1.165, 1.54) is 19.2 Å². The van der Waals surface area contributed by atoms with Gasteiger partial charge in [-0.05, 0) is 25.8 Å². The van der Waals surface area contributed by atoms with Crippen LogP contribution >= 0.6 is 0 Å². The standard InChI is InChI=1S/C15H25N5O2/c1-19-6-7-22-13(9-19)10-20(8-12-2-3-12)15(21)5-4-14-16-11-17-18-14/h11-13H,2-10H2,1H3,(H,16,17,18)/t13-/m0/s1. The molecule has 1 saturated carbocycles. The van der Waals surface area contributed by atoms with E-state index in [2.05, 4.69) is 27.1 Å². The second-order valence-electron chi connectivity index (χ2n) is 6.43. The van der Waals surface area contributed by atoms with Gasteiger partial charge in [-0.1, -0.05) is 0 Å². The number of amides is 1. The zero-order chi connectivity index (χ0) is 15.4. The van der Waals surface area contributed by atoms with E-state index in [1.807, 2.05) is 4.90 Å². The molecular formula is C15H25N5O2. The molecule has 0 spiro atoms. The SMILES string of the molecule is CN1CCO[C@H](CN(CC2CC2)C(=O)CCc2ncn[nH]2)C1. The molecule has 2 heterocycles. The molecule has 1 amide bonds. The summed E-state index contributed by atoms with van der Waals surface area (Å²) in [7, 11) is 2.10. The Morgan fingerprint density at radius 2 is 2.36 bits per heavy atom. The van der Waals surface area contributed by atoms with Crippen LogP contribution in [0.25, 0.3) is 0 Å². The highest BCUT2D eigenvalue weighted by Gasteiger charge is 2.29. The molecule has 22 heavy (non-hydrogen) atoms.